The molecule has 0 fully saturated rings. The summed E-state index contributed by atoms with van der Waals surface area (Å²) >= 11 is 0. The van der Waals surface area contributed by atoms with Crippen LogP contribution in [0.4, 0.5) is 0 Å². The van der Waals surface area contributed by atoms with Crippen molar-refractivity contribution < 1.29 is 14.7 Å². The van der Waals surface area contributed by atoms with Gasteiger partial charge in [0.1, 0.15) is 0 Å². The van der Waals surface area contributed by atoms with E-state index in [0.29, 0.717) is 6.42 Å². The van der Waals surface area contributed by atoms with Gasteiger partial charge in [-0.05, 0) is 50.7 Å². The summed E-state index contributed by atoms with van der Waals surface area (Å²) in [6.07, 6.45) is 3.40. The Bertz CT molecular complexity index is 541. The highest BCUT2D eigenvalue weighted by Gasteiger charge is 2.38. The Morgan fingerprint density at radius 2 is 2.10 bits per heavy atom. The molecule has 0 bridgehead atoms. The molecule has 0 aromatic heterocycles. The Balaban J connectivity index is 2.10. The second-order valence-electron chi connectivity index (χ2n) is 6.15. The maximum atomic E-state index is 12.7. The van der Waals surface area contributed by atoms with Crippen LogP contribution in [0.15, 0.2) is 24.3 Å². The lowest BCUT2D eigenvalue weighted by Gasteiger charge is -2.35. The standard InChI is InChI=1S/C17H23NO3/c1-12(9-10-15(19)20)18-16(21)17(2)11-5-7-13-6-3-4-8-14(13)17/h3-4,6,8,12H,5,7,9-11H2,1-2H3,(H,18,21)(H,19,20). The Morgan fingerprint density at radius 3 is 2.81 bits per heavy atom. The summed E-state index contributed by atoms with van der Waals surface area (Å²) < 4.78 is 0. The number of aliphatic carboxylic acids is 1. The molecule has 1 aromatic carbocycles. The van der Waals surface area contributed by atoms with Gasteiger partial charge in [0.25, 0.3) is 0 Å². The number of carboxylic acid groups (broad SMARTS) is 1. The molecule has 2 atom stereocenters. The highest BCUT2D eigenvalue weighted by molar-refractivity contribution is 5.88. The van der Waals surface area contributed by atoms with Crippen molar-refractivity contribution in [1.29, 1.82) is 0 Å². The molecule has 114 valence electrons. The van der Waals surface area contributed by atoms with Crippen molar-refractivity contribution in [3.05, 3.63) is 35.4 Å². The Morgan fingerprint density at radius 1 is 1.38 bits per heavy atom. The number of carbonyl (C=O) groups excluding carboxylic acids is 1. The smallest absolute Gasteiger partial charge is 0.303 e. The van der Waals surface area contributed by atoms with Crippen LogP contribution in [0.5, 0.6) is 0 Å². The molecule has 4 nitrogen and oxygen atoms in total. The number of aryl methyl sites for hydroxylation is 1. The van der Waals surface area contributed by atoms with E-state index in [1.54, 1.807) is 0 Å². The van der Waals surface area contributed by atoms with E-state index in [1.165, 1.54) is 5.56 Å². The van der Waals surface area contributed by atoms with E-state index in [-0.39, 0.29) is 18.4 Å². The predicted octanol–water partition coefficient (Wildman–Crippen LogP) is 2.65. The van der Waals surface area contributed by atoms with E-state index in [1.807, 2.05) is 32.0 Å². The predicted molar refractivity (Wildman–Crippen MR) is 81.2 cm³/mol. The average Bonchev–Trinajstić information content (AvgIpc) is 2.45. The molecule has 2 N–H and O–H groups in total. The van der Waals surface area contributed by atoms with E-state index in [2.05, 4.69) is 11.4 Å². The van der Waals surface area contributed by atoms with Crippen LogP contribution in [0, 0.1) is 0 Å². The van der Waals surface area contributed by atoms with Crippen LogP contribution in [-0.4, -0.2) is 23.0 Å². The van der Waals surface area contributed by atoms with E-state index >= 15 is 0 Å². The zero-order valence-electron chi connectivity index (χ0n) is 12.7. The van der Waals surface area contributed by atoms with E-state index in [9.17, 15) is 9.59 Å². The van der Waals surface area contributed by atoms with Gasteiger partial charge in [-0.1, -0.05) is 24.3 Å². The fraction of sp³-hybridized carbons (Fsp3) is 0.529. The van der Waals surface area contributed by atoms with E-state index in [0.717, 1.165) is 24.8 Å². The molecule has 0 saturated heterocycles. The van der Waals surface area contributed by atoms with Crippen LogP contribution < -0.4 is 5.32 Å². The molecular weight excluding hydrogens is 266 g/mol. The normalized spacial score (nSPS) is 22.2. The largest absolute Gasteiger partial charge is 0.481 e. The van der Waals surface area contributed by atoms with Gasteiger partial charge in [0.15, 0.2) is 0 Å². The van der Waals surface area contributed by atoms with Gasteiger partial charge in [-0.2, -0.15) is 0 Å². The van der Waals surface area contributed by atoms with Gasteiger partial charge in [-0.3, -0.25) is 9.59 Å². The number of nitrogens with one attached hydrogen (secondary N) is 1. The molecule has 0 heterocycles. The molecule has 21 heavy (non-hydrogen) atoms. The third-order valence-electron chi connectivity index (χ3n) is 4.40. The van der Waals surface area contributed by atoms with Crippen molar-refractivity contribution in [1.82, 2.24) is 5.32 Å². The summed E-state index contributed by atoms with van der Waals surface area (Å²) in [4.78, 5) is 23.3. The quantitative estimate of drug-likeness (QED) is 0.875. The molecule has 2 rings (SSSR count). The van der Waals surface area contributed by atoms with Crippen molar-refractivity contribution in [3.8, 4) is 0 Å². The number of fused-ring (bicyclic) bond motifs is 1. The zero-order valence-corrected chi connectivity index (χ0v) is 12.7. The van der Waals surface area contributed by atoms with Crippen LogP contribution in [0.1, 0.15) is 50.7 Å². The third kappa shape index (κ3) is 3.43. The van der Waals surface area contributed by atoms with Crippen molar-refractivity contribution in [3.63, 3.8) is 0 Å². The maximum absolute atomic E-state index is 12.7. The van der Waals surface area contributed by atoms with Gasteiger partial charge < -0.3 is 10.4 Å². The SMILES string of the molecule is CC(CCC(=O)O)NC(=O)C1(C)CCCc2ccccc21. The molecule has 1 aliphatic rings. The second kappa shape index (κ2) is 6.29. The fourth-order valence-corrected chi connectivity index (χ4v) is 3.07. The number of benzene rings is 1. The maximum Gasteiger partial charge on any atom is 0.303 e. The first kappa shape index (κ1) is 15.5. The number of amides is 1. The number of hydrogen-bond acceptors (Lipinski definition) is 2. The lowest BCUT2D eigenvalue weighted by molar-refractivity contribution is -0.137. The molecule has 0 spiro atoms. The van der Waals surface area contributed by atoms with Crippen LogP contribution in [-0.2, 0) is 21.4 Å². The first-order valence-electron chi connectivity index (χ1n) is 7.54. The lowest BCUT2D eigenvalue weighted by atomic mass is 9.70. The molecule has 0 saturated carbocycles. The Hall–Kier alpha value is -1.84. The highest BCUT2D eigenvalue weighted by Crippen LogP contribution is 2.37. The number of hydrogen-bond donors (Lipinski definition) is 2. The van der Waals surface area contributed by atoms with Gasteiger partial charge in [0.05, 0.1) is 5.41 Å². The minimum absolute atomic E-state index is 0.00698. The van der Waals surface area contributed by atoms with Crippen molar-refractivity contribution in [2.45, 2.75) is 57.4 Å². The summed E-state index contributed by atoms with van der Waals surface area (Å²) in [5.41, 5.74) is 1.85. The molecule has 1 amide bonds. The molecule has 0 aliphatic heterocycles. The van der Waals surface area contributed by atoms with Gasteiger partial charge in [-0.25, -0.2) is 0 Å². The first-order valence-corrected chi connectivity index (χ1v) is 7.54. The first-order chi connectivity index (χ1) is 9.93. The summed E-state index contributed by atoms with van der Waals surface area (Å²) in [5, 5.41) is 11.7. The van der Waals surface area contributed by atoms with Crippen molar-refractivity contribution in [2.75, 3.05) is 0 Å². The summed E-state index contributed by atoms with van der Waals surface area (Å²) in [6, 6.07) is 7.99. The number of rotatable bonds is 5. The molecular formula is C17H23NO3. The minimum Gasteiger partial charge on any atom is -0.481 e. The molecule has 2 unspecified atom stereocenters. The Kier molecular flexibility index (Phi) is 4.66. The zero-order chi connectivity index (χ0) is 15.5. The van der Waals surface area contributed by atoms with E-state index < -0.39 is 11.4 Å². The van der Waals surface area contributed by atoms with Gasteiger partial charge in [0.2, 0.25) is 5.91 Å². The Labute approximate surface area is 125 Å². The molecule has 1 aliphatic carbocycles. The number of carboxylic acids is 1. The second-order valence-corrected chi connectivity index (χ2v) is 6.15. The summed E-state index contributed by atoms with van der Waals surface area (Å²) in [6.45, 7) is 3.85. The topological polar surface area (TPSA) is 66.4 Å². The van der Waals surface area contributed by atoms with Gasteiger partial charge in [-0.15, -0.1) is 0 Å². The number of carbonyl (C=O) groups is 2. The van der Waals surface area contributed by atoms with Crippen LogP contribution >= 0.6 is 0 Å². The van der Waals surface area contributed by atoms with Crippen LogP contribution in [0.3, 0.4) is 0 Å². The summed E-state index contributed by atoms with van der Waals surface area (Å²) in [7, 11) is 0. The van der Waals surface area contributed by atoms with Crippen molar-refractivity contribution >= 4 is 11.9 Å². The monoisotopic (exact) mass is 289 g/mol. The average molecular weight is 289 g/mol. The van der Waals surface area contributed by atoms with E-state index in [4.69, 9.17) is 5.11 Å². The van der Waals surface area contributed by atoms with Crippen LogP contribution in [0.2, 0.25) is 0 Å². The lowest BCUT2D eigenvalue weighted by Crippen LogP contribution is -2.47. The molecule has 1 aromatic rings. The highest BCUT2D eigenvalue weighted by atomic mass is 16.4. The molecule has 0 radical (unpaired) electrons. The van der Waals surface area contributed by atoms with Gasteiger partial charge >= 0.3 is 5.97 Å². The van der Waals surface area contributed by atoms with Gasteiger partial charge in [0, 0.05) is 12.5 Å². The third-order valence-corrected chi connectivity index (χ3v) is 4.40. The van der Waals surface area contributed by atoms with Crippen LogP contribution in [0.25, 0.3) is 0 Å². The molecule has 4 heteroatoms. The summed E-state index contributed by atoms with van der Waals surface area (Å²) in [5.74, 6) is -0.821. The van der Waals surface area contributed by atoms with Crippen molar-refractivity contribution in [2.24, 2.45) is 0 Å². The fourth-order valence-electron chi connectivity index (χ4n) is 3.07. The minimum atomic E-state index is -0.828.